The van der Waals surface area contributed by atoms with Gasteiger partial charge in [-0.1, -0.05) is 0 Å². The predicted octanol–water partition coefficient (Wildman–Crippen LogP) is 1.01. The number of hydrogen-bond donors (Lipinski definition) is 0. The van der Waals surface area contributed by atoms with E-state index in [4.69, 9.17) is 0 Å². The predicted molar refractivity (Wildman–Crippen MR) is 91.3 cm³/mol. The zero-order valence-electron chi connectivity index (χ0n) is 13.1. The first-order valence-corrected chi connectivity index (χ1v) is 9.14. The Bertz CT molecular complexity index is 719. The smallest absolute Gasteiger partial charge is 0.267 e. The number of piperazine rings is 1. The summed E-state index contributed by atoms with van der Waals surface area (Å²) in [5.74, 6) is 0. The normalized spacial score (nSPS) is 18.3. The number of aromatic nitrogens is 3. The van der Waals surface area contributed by atoms with Gasteiger partial charge in [-0.3, -0.25) is 9.69 Å². The maximum Gasteiger partial charge on any atom is 0.267 e. The van der Waals surface area contributed by atoms with Gasteiger partial charge in [-0.25, -0.2) is 9.67 Å². The number of thiazole rings is 1. The van der Waals surface area contributed by atoms with Crippen LogP contribution in [0.4, 0.5) is 5.13 Å². The zero-order chi connectivity index (χ0) is 15.6. The SMILES string of the molecule is O=c1cc2c(nn1CCN1CCN(c3nccs3)CC1)CCC2. The van der Waals surface area contributed by atoms with Crippen molar-refractivity contribution in [1.82, 2.24) is 19.7 Å². The van der Waals surface area contributed by atoms with Crippen molar-refractivity contribution < 1.29 is 0 Å². The molecule has 0 amide bonds. The summed E-state index contributed by atoms with van der Waals surface area (Å²) in [5, 5.41) is 7.69. The maximum atomic E-state index is 12.1. The van der Waals surface area contributed by atoms with Crippen LogP contribution in [0.5, 0.6) is 0 Å². The minimum atomic E-state index is 0.0482. The van der Waals surface area contributed by atoms with E-state index in [1.807, 2.05) is 11.6 Å². The first-order valence-electron chi connectivity index (χ1n) is 8.26. The molecule has 122 valence electrons. The molecule has 6 nitrogen and oxygen atoms in total. The van der Waals surface area contributed by atoms with Gasteiger partial charge in [-0.2, -0.15) is 5.10 Å². The van der Waals surface area contributed by atoms with Crippen molar-refractivity contribution in [3.8, 4) is 0 Å². The fraction of sp³-hybridized carbons (Fsp3) is 0.562. The van der Waals surface area contributed by atoms with E-state index in [-0.39, 0.29) is 5.56 Å². The van der Waals surface area contributed by atoms with Crippen LogP contribution in [0.3, 0.4) is 0 Å². The molecule has 23 heavy (non-hydrogen) atoms. The average Bonchev–Trinajstić information content (AvgIpc) is 3.24. The first kappa shape index (κ1) is 14.8. The van der Waals surface area contributed by atoms with Crippen LogP contribution in [-0.2, 0) is 19.4 Å². The van der Waals surface area contributed by atoms with Crippen LogP contribution in [0.2, 0.25) is 0 Å². The molecule has 0 spiro atoms. The fourth-order valence-corrected chi connectivity index (χ4v) is 4.07. The Labute approximate surface area is 139 Å². The average molecular weight is 331 g/mol. The summed E-state index contributed by atoms with van der Waals surface area (Å²) >= 11 is 1.70. The van der Waals surface area contributed by atoms with Gasteiger partial charge < -0.3 is 4.90 Å². The van der Waals surface area contributed by atoms with Crippen molar-refractivity contribution in [3.05, 3.63) is 39.3 Å². The molecule has 3 heterocycles. The number of anilines is 1. The van der Waals surface area contributed by atoms with Crippen molar-refractivity contribution in [1.29, 1.82) is 0 Å². The standard InChI is InChI=1S/C16H21N5OS/c22-15-12-13-2-1-3-14(13)18-21(15)10-7-19-5-8-20(9-6-19)16-17-4-11-23-16/h4,11-12H,1-3,5-10H2. The lowest BCUT2D eigenvalue weighted by Gasteiger charge is -2.34. The van der Waals surface area contributed by atoms with Gasteiger partial charge in [0, 0.05) is 50.4 Å². The van der Waals surface area contributed by atoms with Crippen LogP contribution in [0.15, 0.2) is 22.4 Å². The lowest BCUT2D eigenvalue weighted by Crippen LogP contribution is -2.47. The summed E-state index contributed by atoms with van der Waals surface area (Å²) in [6, 6.07) is 1.79. The molecule has 1 fully saturated rings. The Morgan fingerprint density at radius 2 is 2.00 bits per heavy atom. The minimum Gasteiger partial charge on any atom is -0.346 e. The van der Waals surface area contributed by atoms with Gasteiger partial charge in [0.15, 0.2) is 5.13 Å². The fourth-order valence-electron chi connectivity index (χ4n) is 3.37. The molecule has 2 aliphatic rings. The number of rotatable bonds is 4. The van der Waals surface area contributed by atoms with Crippen molar-refractivity contribution in [2.24, 2.45) is 0 Å². The molecule has 0 aromatic carbocycles. The van der Waals surface area contributed by atoms with Crippen molar-refractivity contribution in [3.63, 3.8) is 0 Å². The Balaban J connectivity index is 1.33. The molecule has 4 rings (SSSR count). The van der Waals surface area contributed by atoms with Gasteiger partial charge in [-0.05, 0) is 24.8 Å². The molecule has 2 aromatic rings. The molecule has 1 saturated heterocycles. The van der Waals surface area contributed by atoms with E-state index in [2.05, 4.69) is 19.9 Å². The third-order valence-corrected chi connectivity index (χ3v) is 5.55. The van der Waals surface area contributed by atoms with Gasteiger partial charge in [0.2, 0.25) is 0 Å². The molecule has 0 unspecified atom stereocenters. The molecule has 0 atom stereocenters. The Morgan fingerprint density at radius 3 is 2.78 bits per heavy atom. The van der Waals surface area contributed by atoms with Gasteiger partial charge in [0.1, 0.15) is 0 Å². The third-order valence-electron chi connectivity index (χ3n) is 4.71. The van der Waals surface area contributed by atoms with Gasteiger partial charge in [0.25, 0.3) is 5.56 Å². The topological polar surface area (TPSA) is 54.3 Å². The molecule has 0 N–H and O–H groups in total. The van der Waals surface area contributed by atoms with Crippen LogP contribution in [0.1, 0.15) is 17.7 Å². The molecular formula is C16H21N5OS. The summed E-state index contributed by atoms with van der Waals surface area (Å²) in [6.45, 7) is 5.60. The highest BCUT2D eigenvalue weighted by Gasteiger charge is 2.19. The second-order valence-corrected chi connectivity index (χ2v) is 7.05. The van der Waals surface area contributed by atoms with E-state index < -0.39 is 0 Å². The highest BCUT2D eigenvalue weighted by Crippen LogP contribution is 2.19. The molecule has 2 aromatic heterocycles. The zero-order valence-corrected chi connectivity index (χ0v) is 14.0. The summed E-state index contributed by atoms with van der Waals surface area (Å²) in [7, 11) is 0. The number of fused-ring (bicyclic) bond motifs is 1. The van der Waals surface area contributed by atoms with Crippen LogP contribution >= 0.6 is 11.3 Å². The minimum absolute atomic E-state index is 0.0482. The van der Waals surface area contributed by atoms with E-state index in [1.165, 1.54) is 0 Å². The van der Waals surface area contributed by atoms with Crippen molar-refractivity contribution in [2.75, 3.05) is 37.6 Å². The third kappa shape index (κ3) is 3.16. The summed E-state index contributed by atoms with van der Waals surface area (Å²) in [5.41, 5.74) is 2.33. The quantitative estimate of drug-likeness (QED) is 0.837. The second-order valence-electron chi connectivity index (χ2n) is 6.17. The molecular weight excluding hydrogens is 310 g/mol. The Hall–Kier alpha value is -1.73. The summed E-state index contributed by atoms with van der Waals surface area (Å²) in [4.78, 5) is 21.2. The van der Waals surface area contributed by atoms with E-state index in [9.17, 15) is 4.79 Å². The Morgan fingerprint density at radius 1 is 1.13 bits per heavy atom. The highest BCUT2D eigenvalue weighted by molar-refractivity contribution is 7.13. The lowest BCUT2D eigenvalue weighted by atomic mass is 10.2. The van der Waals surface area contributed by atoms with E-state index in [0.717, 1.165) is 68.4 Å². The van der Waals surface area contributed by atoms with E-state index >= 15 is 0 Å². The lowest BCUT2D eigenvalue weighted by molar-refractivity contribution is 0.242. The van der Waals surface area contributed by atoms with Crippen LogP contribution in [-0.4, -0.2) is 52.4 Å². The molecule has 0 saturated carbocycles. The molecule has 7 heteroatoms. The molecule has 1 aliphatic carbocycles. The molecule has 1 aliphatic heterocycles. The van der Waals surface area contributed by atoms with E-state index in [0.29, 0.717) is 6.54 Å². The van der Waals surface area contributed by atoms with Gasteiger partial charge in [0.05, 0.1) is 12.2 Å². The molecule has 0 radical (unpaired) electrons. The largest absolute Gasteiger partial charge is 0.346 e. The Kier molecular flexibility index (Phi) is 4.13. The van der Waals surface area contributed by atoms with Crippen molar-refractivity contribution in [2.45, 2.75) is 25.8 Å². The number of hydrogen-bond acceptors (Lipinski definition) is 6. The summed E-state index contributed by atoms with van der Waals surface area (Å²) < 4.78 is 1.65. The van der Waals surface area contributed by atoms with E-state index in [1.54, 1.807) is 22.1 Å². The number of aryl methyl sites for hydroxylation is 2. The first-order chi connectivity index (χ1) is 11.3. The van der Waals surface area contributed by atoms with Crippen LogP contribution in [0.25, 0.3) is 0 Å². The number of nitrogens with zero attached hydrogens (tertiary/aromatic N) is 5. The van der Waals surface area contributed by atoms with Gasteiger partial charge >= 0.3 is 0 Å². The van der Waals surface area contributed by atoms with Gasteiger partial charge in [-0.15, -0.1) is 11.3 Å². The summed E-state index contributed by atoms with van der Waals surface area (Å²) in [6.07, 6.45) is 5.02. The highest BCUT2D eigenvalue weighted by atomic mass is 32.1. The maximum absolute atomic E-state index is 12.1. The monoisotopic (exact) mass is 331 g/mol. The van der Waals surface area contributed by atoms with Crippen LogP contribution in [0, 0.1) is 0 Å². The second kappa shape index (κ2) is 6.41. The van der Waals surface area contributed by atoms with Crippen LogP contribution < -0.4 is 10.5 Å². The molecule has 0 bridgehead atoms. The van der Waals surface area contributed by atoms with Crippen molar-refractivity contribution >= 4 is 16.5 Å².